The van der Waals surface area contributed by atoms with Gasteiger partial charge in [-0.3, -0.25) is 0 Å². The van der Waals surface area contributed by atoms with Crippen LogP contribution in [-0.4, -0.2) is 41.1 Å². The molecular formula is C10H13ClIN3O. The van der Waals surface area contributed by atoms with Gasteiger partial charge in [-0.05, 0) is 29.5 Å². The number of rotatable bonds is 2. The molecule has 1 saturated heterocycles. The van der Waals surface area contributed by atoms with Gasteiger partial charge in [0.05, 0.1) is 28.2 Å². The summed E-state index contributed by atoms with van der Waals surface area (Å²) in [6.07, 6.45) is 3.49. The SMILES string of the molecule is CC1COC(CCl)CN1c1ncncc1I. The van der Waals surface area contributed by atoms with Crippen molar-refractivity contribution in [2.45, 2.75) is 19.1 Å². The van der Waals surface area contributed by atoms with E-state index in [1.165, 1.54) is 0 Å². The van der Waals surface area contributed by atoms with Gasteiger partial charge in [-0.1, -0.05) is 0 Å². The molecule has 0 amide bonds. The van der Waals surface area contributed by atoms with Crippen LogP contribution in [0.15, 0.2) is 12.5 Å². The Hall–Kier alpha value is -0.140. The van der Waals surface area contributed by atoms with E-state index in [4.69, 9.17) is 16.3 Å². The third-order valence-electron chi connectivity index (χ3n) is 2.60. The number of alkyl halides is 1. The van der Waals surface area contributed by atoms with E-state index in [9.17, 15) is 0 Å². The Morgan fingerprint density at radius 2 is 2.50 bits per heavy atom. The van der Waals surface area contributed by atoms with Crippen LogP contribution < -0.4 is 4.90 Å². The molecule has 0 aromatic carbocycles. The molecule has 0 radical (unpaired) electrons. The minimum atomic E-state index is 0.0867. The number of morpholine rings is 1. The topological polar surface area (TPSA) is 38.2 Å². The summed E-state index contributed by atoms with van der Waals surface area (Å²) >= 11 is 8.09. The van der Waals surface area contributed by atoms with E-state index in [2.05, 4.69) is 44.4 Å². The Morgan fingerprint density at radius 1 is 1.69 bits per heavy atom. The second kappa shape index (κ2) is 5.46. The maximum absolute atomic E-state index is 5.83. The monoisotopic (exact) mass is 353 g/mol. The molecule has 1 aromatic rings. The van der Waals surface area contributed by atoms with E-state index in [-0.39, 0.29) is 6.10 Å². The fourth-order valence-corrected chi connectivity index (χ4v) is 2.52. The molecule has 0 N–H and O–H groups in total. The van der Waals surface area contributed by atoms with Crippen LogP contribution >= 0.6 is 34.2 Å². The Morgan fingerprint density at radius 3 is 3.19 bits per heavy atom. The average molecular weight is 354 g/mol. The Labute approximate surface area is 113 Å². The fourth-order valence-electron chi connectivity index (χ4n) is 1.72. The summed E-state index contributed by atoms with van der Waals surface area (Å²) in [4.78, 5) is 10.6. The molecule has 2 atom stereocenters. The Kier molecular flexibility index (Phi) is 4.21. The van der Waals surface area contributed by atoms with Gasteiger partial charge in [-0.2, -0.15) is 0 Å². The quantitative estimate of drug-likeness (QED) is 0.601. The number of nitrogens with zero attached hydrogens (tertiary/aromatic N) is 3. The lowest BCUT2D eigenvalue weighted by Gasteiger charge is -2.38. The molecule has 1 aliphatic rings. The van der Waals surface area contributed by atoms with Crippen LogP contribution in [0.1, 0.15) is 6.92 Å². The number of anilines is 1. The summed E-state index contributed by atoms with van der Waals surface area (Å²) in [5.74, 6) is 1.49. The second-order valence-electron chi connectivity index (χ2n) is 3.81. The number of hydrogen-bond donors (Lipinski definition) is 0. The van der Waals surface area contributed by atoms with Gasteiger partial charge >= 0.3 is 0 Å². The zero-order chi connectivity index (χ0) is 11.5. The Bertz CT molecular complexity index is 366. The first-order valence-corrected chi connectivity index (χ1v) is 6.73. The lowest BCUT2D eigenvalue weighted by atomic mass is 10.2. The zero-order valence-electron chi connectivity index (χ0n) is 8.94. The van der Waals surface area contributed by atoms with E-state index in [0.717, 1.165) is 15.9 Å². The average Bonchev–Trinajstić information content (AvgIpc) is 2.31. The van der Waals surface area contributed by atoms with Gasteiger partial charge in [0.15, 0.2) is 0 Å². The predicted octanol–water partition coefficient (Wildman–Crippen LogP) is 1.91. The van der Waals surface area contributed by atoms with Gasteiger partial charge < -0.3 is 9.64 Å². The summed E-state index contributed by atoms with van der Waals surface area (Å²) in [7, 11) is 0. The van der Waals surface area contributed by atoms with Crippen molar-refractivity contribution in [2.24, 2.45) is 0 Å². The van der Waals surface area contributed by atoms with E-state index in [0.29, 0.717) is 18.5 Å². The van der Waals surface area contributed by atoms with Crippen molar-refractivity contribution < 1.29 is 4.74 Å². The summed E-state index contributed by atoms with van der Waals surface area (Å²) in [5.41, 5.74) is 0. The minimum Gasteiger partial charge on any atom is -0.373 e. The first-order chi connectivity index (χ1) is 7.72. The number of hydrogen-bond acceptors (Lipinski definition) is 4. The molecule has 16 heavy (non-hydrogen) atoms. The van der Waals surface area contributed by atoms with Crippen LogP contribution in [0.2, 0.25) is 0 Å². The standard InChI is InChI=1S/C10H13ClIN3O/c1-7-5-16-8(2-11)4-15(7)10-9(12)3-13-6-14-10/h3,6-8H,2,4-5H2,1H3. The van der Waals surface area contributed by atoms with Crippen LogP contribution in [-0.2, 0) is 4.74 Å². The highest BCUT2D eigenvalue weighted by molar-refractivity contribution is 14.1. The third kappa shape index (κ3) is 2.57. The zero-order valence-corrected chi connectivity index (χ0v) is 11.8. The molecular weight excluding hydrogens is 340 g/mol. The molecule has 4 nitrogen and oxygen atoms in total. The van der Waals surface area contributed by atoms with Crippen molar-refractivity contribution in [2.75, 3.05) is 23.9 Å². The fraction of sp³-hybridized carbons (Fsp3) is 0.600. The maximum Gasteiger partial charge on any atom is 0.145 e. The molecule has 1 aromatic heterocycles. The van der Waals surface area contributed by atoms with Crippen LogP contribution in [0.4, 0.5) is 5.82 Å². The molecule has 0 spiro atoms. The molecule has 0 saturated carbocycles. The van der Waals surface area contributed by atoms with Crippen molar-refractivity contribution in [1.29, 1.82) is 0 Å². The van der Waals surface area contributed by atoms with Crippen molar-refractivity contribution >= 4 is 40.0 Å². The molecule has 6 heteroatoms. The Balaban J connectivity index is 2.21. The van der Waals surface area contributed by atoms with Gasteiger partial charge in [0.25, 0.3) is 0 Å². The van der Waals surface area contributed by atoms with E-state index >= 15 is 0 Å². The van der Waals surface area contributed by atoms with Gasteiger partial charge in [-0.25, -0.2) is 9.97 Å². The number of ether oxygens (including phenoxy) is 1. The summed E-state index contributed by atoms with van der Waals surface area (Å²) in [5, 5.41) is 0. The molecule has 1 fully saturated rings. The minimum absolute atomic E-state index is 0.0867. The first kappa shape index (κ1) is 12.3. The molecule has 88 valence electrons. The molecule has 0 bridgehead atoms. The van der Waals surface area contributed by atoms with Crippen LogP contribution in [0.3, 0.4) is 0 Å². The van der Waals surface area contributed by atoms with Crippen LogP contribution in [0.25, 0.3) is 0 Å². The van der Waals surface area contributed by atoms with E-state index < -0.39 is 0 Å². The van der Waals surface area contributed by atoms with Crippen molar-refractivity contribution in [3.8, 4) is 0 Å². The molecule has 0 aliphatic carbocycles. The third-order valence-corrected chi connectivity index (χ3v) is 3.70. The van der Waals surface area contributed by atoms with Gasteiger partial charge in [-0.15, -0.1) is 11.6 Å². The lowest BCUT2D eigenvalue weighted by molar-refractivity contribution is 0.0360. The predicted molar refractivity (Wildman–Crippen MR) is 72.0 cm³/mol. The number of aromatic nitrogens is 2. The largest absolute Gasteiger partial charge is 0.373 e. The smallest absolute Gasteiger partial charge is 0.145 e. The normalized spacial score (nSPS) is 25.8. The van der Waals surface area contributed by atoms with Gasteiger partial charge in [0.2, 0.25) is 0 Å². The first-order valence-electron chi connectivity index (χ1n) is 5.12. The second-order valence-corrected chi connectivity index (χ2v) is 5.28. The summed E-state index contributed by atoms with van der Waals surface area (Å²) < 4.78 is 6.67. The number of halogens is 2. The summed E-state index contributed by atoms with van der Waals surface area (Å²) in [6, 6.07) is 0.322. The molecule has 2 rings (SSSR count). The molecule has 2 unspecified atom stereocenters. The van der Waals surface area contributed by atoms with E-state index in [1.807, 2.05) is 6.20 Å². The molecule has 2 heterocycles. The molecule has 1 aliphatic heterocycles. The lowest BCUT2D eigenvalue weighted by Crippen LogP contribution is -2.49. The van der Waals surface area contributed by atoms with Gasteiger partial charge in [0.1, 0.15) is 12.1 Å². The highest BCUT2D eigenvalue weighted by Gasteiger charge is 2.27. The van der Waals surface area contributed by atoms with Crippen LogP contribution in [0, 0.1) is 3.57 Å². The van der Waals surface area contributed by atoms with Crippen molar-refractivity contribution in [3.63, 3.8) is 0 Å². The van der Waals surface area contributed by atoms with Crippen molar-refractivity contribution in [1.82, 2.24) is 9.97 Å². The van der Waals surface area contributed by atoms with Crippen molar-refractivity contribution in [3.05, 3.63) is 16.1 Å². The summed E-state index contributed by atoms with van der Waals surface area (Å²) in [6.45, 7) is 3.61. The maximum atomic E-state index is 5.83. The van der Waals surface area contributed by atoms with Crippen LogP contribution in [0.5, 0.6) is 0 Å². The van der Waals surface area contributed by atoms with Gasteiger partial charge in [0, 0.05) is 12.7 Å². The van der Waals surface area contributed by atoms with E-state index in [1.54, 1.807) is 6.33 Å². The highest BCUT2D eigenvalue weighted by atomic mass is 127. The highest BCUT2D eigenvalue weighted by Crippen LogP contribution is 2.24.